The number of fused-ring (bicyclic) bond motifs is 1. The first kappa shape index (κ1) is 28.8. The van der Waals surface area contributed by atoms with Gasteiger partial charge in [0.25, 0.3) is 5.56 Å². The minimum Gasteiger partial charge on any atom is -0.494 e. The molecule has 0 unspecified atom stereocenters. The molecular weight excluding hydrogens is 534 g/mol. The molecule has 40 heavy (non-hydrogen) atoms. The van der Waals surface area contributed by atoms with Crippen molar-refractivity contribution in [2.24, 2.45) is 5.10 Å². The monoisotopic (exact) mass is 567 g/mol. The van der Waals surface area contributed by atoms with E-state index in [2.05, 4.69) is 37.2 Å². The van der Waals surface area contributed by atoms with Crippen LogP contribution in [0.15, 0.2) is 53.0 Å². The standard InChI is InChI=1S/C27H34ClN9O3/c1-6-8-23(33-35(17-38)18(3)4)37-25-20(26(39)36(37)11-7-2)16-30-27(32-25)31-19-14-21(28)24(22(15-19)40-5)34-12-9-29-10-13-34/h6-8,14-18,29H,2,9-13H2,1,3-5H3,(H,30,31,32)/b8-6-,33-23+. The number of halogens is 1. The van der Waals surface area contributed by atoms with Gasteiger partial charge in [-0.15, -0.1) is 6.58 Å². The van der Waals surface area contributed by atoms with Gasteiger partial charge in [0.2, 0.25) is 12.4 Å². The first-order chi connectivity index (χ1) is 19.3. The van der Waals surface area contributed by atoms with Crippen LogP contribution in [-0.4, -0.2) is 75.9 Å². The third-order valence-corrected chi connectivity index (χ3v) is 6.59. The van der Waals surface area contributed by atoms with Gasteiger partial charge < -0.3 is 20.3 Å². The molecule has 2 aromatic heterocycles. The summed E-state index contributed by atoms with van der Waals surface area (Å²) < 4.78 is 8.68. The van der Waals surface area contributed by atoms with Crippen molar-refractivity contribution < 1.29 is 9.53 Å². The summed E-state index contributed by atoms with van der Waals surface area (Å²) >= 11 is 6.72. The number of hydrazone groups is 1. The maximum Gasteiger partial charge on any atom is 0.278 e. The van der Waals surface area contributed by atoms with Gasteiger partial charge >= 0.3 is 0 Å². The number of anilines is 3. The zero-order valence-electron chi connectivity index (χ0n) is 23.1. The fourth-order valence-electron chi connectivity index (χ4n) is 4.41. The minimum atomic E-state index is -0.314. The SMILES string of the molecule is C=CCn1c(=O)c2cnc(Nc3cc(Cl)c(N4CCNCC4)c(OC)c3)nc2n1C(/C=C\C)=N/N(C=O)C(C)C. The molecule has 4 rings (SSSR count). The summed E-state index contributed by atoms with van der Waals surface area (Å²) in [6.07, 6.45) is 7.17. The van der Waals surface area contributed by atoms with E-state index in [9.17, 15) is 9.59 Å². The van der Waals surface area contributed by atoms with Gasteiger partial charge in [-0.1, -0.05) is 23.8 Å². The van der Waals surface area contributed by atoms with E-state index in [4.69, 9.17) is 16.3 Å². The smallest absolute Gasteiger partial charge is 0.278 e. The number of rotatable bonds is 10. The van der Waals surface area contributed by atoms with Crippen molar-refractivity contribution in [3.63, 3.8) is 0 Å². The first-order valence-corrected chi connectivity index (χ1v) is 13.4. The maximum absolute atomic E-state index is 13.3. The van der Waals surface area contributed by atoms with Crippen LogP contribution >= 0.6 is 11.6 Å². The molecule has 0 spiro atoms. The Balaban J connectivity index is 1.81. The molecule has 0 aliphatic carbocycles. The number of hydrogen-bond acceptors (Lipinski definition) is 9. The lowest BCUT2D eigenvalue weighted by Crippen LogP contribution is -2.43. The highest BCUT2D eigenvalue weighted by Crippen LogP contribution is 2.39. The molecule has 12 nitrogen and oxygen atoms in total. The van der Waals surface area contributed by atoms with Crippen LogP contribution in [0.3, 0.4) is 0 Å². The van der Waals surface area contributed by atoms with E-state index in [1.807, 2.05) is 26.8 Å². The van der Waals surface area contributed by atoms with Gasteiger partial charge in [-0.2, -0.15) is 10.1 Å². The number of amides is 1. The molecule has 3 aromatic rings. The molecule has 3 heterocycles. The van der Waals surface area contributed by atoms with Crippen molar-refractivity contribution in [1.82, 2.24) is 29.7 Å². The number of aromatic nitrogens is 4. The van der Waals surface area contributed by atoms with E-state index in [0.29, 0.717) is 34.4 Å². The summed E-state index contributed by atoms with van der Waals surface area (Å²) in [5.74, 6) is 1.19. The number of carbonyl (C=O) groups is 1. The van der Waals surface area contributed by atoms with Gasteiger partial charge in [0, 0.05) is 50.2 Å². The van der Waals surface area contributed by atoms with Crippen molar-refractivity contribution in [1.29, 1.82) is 0 Å². The fourth-order valence-corrected chi connectivity index (χ4v) is 4.74. The van der Waals surface area contributed by atoms with Gasteiger partial charge in [0.1, 0.15) is 11.1 Å². The summed E-state index contributed by atoms with van der Waals surface area (Å²) in [6.45, 7) is 12.8. The summed E-state index contributed by atoms with van der Waals surface area (Å²) in [4.78, 5) is 36.3. The first-order valence-electron chi connectivity index (χ1n) is 13.0. The second-order valence-corrected chi connectivity index (χ2v) is 9.73. The van der Waals surface area contributed by atoms with Crippen LogP contribution in [0.2, 0.25) is 5.02 Å². The van der Waals surface area contributed by atoms with Gasteiger partial charge in [-0.3, -0.25) is 9.59 Å². The normalized spacial score (nSPS) is 14.2. The summed E-state index contributed by atoms with van der Waals surface area (Å²) in [6, 6.07) is 3.43. The minimum absolute atomic E-state index is 0.192. The molecule has 0 bridgehead atoms. The Morgan fingerprint density at radius 2 is 2.10 bits per heavy atom. The van der Waals surface area contributed by atoms with Crippen molar-refractivity contribution in [3.05, 3.63) is 58.5 Å². The zero-order chi connectivity index (χ0) is 28.8. The Morgan fingerprint density at radius 1 is 1.35 bits per heavy atom. The van der Waals surface area contributed by atoms with Crippen LogP contribution < -0.4 is 25.8 Å². The van der Waals surface area contributed by atoms with Crippen LogP contribution in [0.25, 0.3) is 11.0 Å². The molecule has 212 valence electrons. The molecule has 13 heteroatoms. The summed E-state index contributed by atoms with van der Waals surface area (Å²) in [5, 5.41) is 13.1. The Labute approximate surface area is 237 Å². The van der Waals surface area contributed by atoms with Crippen LogP contribution in [0, 0.1) is 0 Å². The Bertz CT molecular complexity index is 1500. The number of methoxy groups -OCH3 is 1. The number of nitrogens with zero attached hydrogens (tertiary/aromatic N) is 7. The molecule has 2 N–H and O–H groups in total. The highest BCUT2D eigenvalue weighted by molar-refractivity contribution is 6.34. The van der Waals surface area contributed by atoms with Crippen molar-refractivity contribution in [3.8, 4) is 5.75 Å². The number of piperazine rings is 1. The van der Waals surface area contributed by atoms with Crippen molar-refractivity contribution in [2.75, 3.05) is 43.5 Å². The quantitative estimate of drug-likeness (QED) is 0.126. The fraction of sp³-hybridized carbons (Fsp3) is 0.370. The van der Waals surface area contributed by atoms with E-state index in [-0.39, 0.29) is 29.5 Å². The van der Waals surface area contributed by atoms with Crippen molar-refractivity contribution >= 4 is 52.2 Å². The van der Waals surface area contributed by atoms with E-state index in [1.54, 1.807) is 36.1 Å². The second kappa shape index (κ2) is 12.8. The van der Waals surface area contributed by atoms with Gasteiger partial charge in [-0.25, -0.2) is 19.4 Å². The van der Waals surface area contributed by atoms with E-state index >= 15 is 0 Å². The molecule has 1 saturated heterocycles. The highest BCUT2D eigenvalue weighted by Gasteiger charge is 2.22. The van der Waals surface area contributed by atoms with Crippen LogP contribution in [-0.2, 0) is 11.3 Å². The molecule has 1 amide bonds. The number of nitrogens with one attached hydrogen (secondary N) is 2. The van der Waals surface area contributed by atoms with Gasteiger partial charge in [-0.05, 0) is 32.9 Å². The third kappa shape index (κ3) is 5.87. The Morgan fingerprint density at radius 3 is 2.73 bits per heavy atom. The molecule has 0 radical (unpaired) electrons. The summed E-state index contributed by atoms with van der Waals surface area (Å²) in [5.41, 5.74) is 1.45. The van der Waals surface area contributed by atoms with Crippen molar-refractivity contribution in [2.45, 2.75) is 33.4 Å². The van der Waals surface area contributed by atoms with Gasteiger partial charge in [0.15, 0.2) is 11.5 Å². The average molecular weight is 568 g/mol. The number of hydrogen-bond donors (Lipinski definition) is 2. The van der Waals surface area contributed by atoms with Crippen LogP contribution in [0.1, 0.15) is 20.8 Å². The molecule has 1 fully saturated rings. The lowest BCUT2D eigenvalue weighted by Gasteiger charge is -2.31. The molecular formula is C27H34ClN9O3. The Hall–Kier alpha value is -4.16. The van der Waals surface area contributed by atoms with E-state index in [1.165, 1.54) is 15.9 Å². The van der Waals surface area contributed by atoms with Crippen LogP contribution in [0.5, 0.6) is 5.75 Å². The molecule has 0 saturated carbocycles. The predicted molar refractivity (Wildman–Crippen MR) is 159 cm³/mol. The maximum atomic E-state index is 13.3. The Kier molecular flexibility index (Phi) is 9.22. The van der Waals surface area contributed by atoms with E-state index < -0.39 is 0 Å². The summed E-state index contributed by atoms with van der Waals surface area (Å²) in [7, 11) is 1.60. The predicted octanol–water partition coefficient (Wildman–Crippen LogP) is 3.20. The number of ether oxygens (including phenoxy) is 1. The van der Waals surface area contributed by atoms with Gasteiger partial charge in [0.05, 0.1) is 24.4 Å². The van der Waals surface area contributed by atoms with Crippen LogP contribution in [0.4, 0.5) is 17.3 Å². The molecule has 1 aliphatic rings. The lowest BCUT2D eigenvalue weighted by molar-refractivity contribution is -0.119. The average Bonchev–Trinajstić information content (AvgIpc) is 3.21. The van der Waals surface area contributed by atoms with E-state index in [0.717, 1.165) is 31.9 Å². The second-order valence-electron chi connectivity index (χ2n) is 9.33. The number of allylic oxidation sites excluding steroid dienone is 3. The largest absolute Gasteiger partial charge is 0.494 e. The number of carbonyl (C=O) groups excluding carboxylic acids is 1. The molecule has 1 aromatic carbocycles. The highest BCUT2D eigenvalue weighted by atomic mass is 35.5. The number of benzene rings is 1. The topological polar surface area (TPSA) is 122 Å². The third-order valence-electron chi connectivity index (χ3n) is 6.30. The molecule has 0 atom stereocenters. The zero-order valence-corrected chi connectivity index (χ0v) is 23.9. The lowest BCUT2D eigenvalue weighted by atomic mass is 10.2. The molecule has 1 aliphatic heterocycles.